The molecular formula is C27H20N2O4S2. The Morgan fingerprint density at radius 2 is 1.60 bits per heavy atom. The van der Waals surface area contributed by atoms with Crippen molar-refractivity contribution in [2.75, 3.05) is 0 Å². The third kappa shape index (κ3) is 4.18. The fraction of sp³-hybridized carbons (Fsp3) is 0.185. The summed E-state index contributed by atoms with van der Waals surface area (Å²) < 4.78 is 1.08. The van der Waals surface area contributed by atoms with E-state index in [1.807, 2.05) is 60.7 Å². The number of aromatic nitrogens is 1. The number of aliphatic carboxylic acids is 2. The molecule has 1 heterocycles. The molecule has 0 saturated carbocycles. The molecule has 0 amide bonds. The minimum Gasteiger partial charge on any atom is -0.481 e. The van der Waals surface area contributed by atoms with Crippen molar-refractivity contribution in [3.05, 3.63) is 71.8 Å². The Morgan fingerprint density at radius 3 is 2.26 bits per heavy atom. The number of hydrogen-bond donors (Lipinski definition) is 2. The van der Waals surface area contributed by atoms with Gasteiger partial charge < -0.3 is 10.2 Å². The second-order valence-electron chi connectivity index (χ2n) is 8.52. The van der Waals surface area contributed by atoms with Gasteiger partial charge in [0.1, 0.15) is 10.4 Å². The molecule has 0 atom stereocenters. The Balaban J connectivity index is 1.71. The third-order valence-corrected chi connectivity index (χ3v) is 8.23. The summed E-state index contributed by atoms with van der Waals surface area (Å²) >= 11 is 2.62. The van der Waals surface area contributed by atoms with E-state index in [1.54, 1.807) is 11.3 Å². The van der Waals surface area contributed by atoms with Crippen molar-refractivity contribution >= 4 is 45.3 Å². The number of carboxylic acid groups (broad SMARTS) is 2. The molecule has 2 N–H and O–H groups in total. The Bertz CT molecular complexity index is 1470. The highest BCUT2D eigenvalue weighted by molar-refractivity contribution is 8.03. The average Bonchev–Trinajstić information content (AvgIpc) is 3.39. The van der Waals surface area contributed by atoms with Crippen molar-refractivity contribution in [3.63, 3.8) is 0 Å². The molecule has 4 aromatic rings. The maximum absolute atomic E-state index is 11.6. The number of fused-ring (bicyclic) bond motifs is 4. The third-order valence-electron chi connectivity index (χ3n) is 6.57. The zero-order valence-corrected chi connectivity index (χ0v) is 20.2. The standard InChI is InChI=1S/C27H20N2O4S2/c28-15-34-17-6-8-19-18-7-5-16(26-29-22-3-1-2-4-23(22)35-26)13-20(18)27(21(19)14-17,11-9-24(30)31)12-10-25(32)33/h1-8,13-14H,9-12H2,(H,30,31)(H,32,33). The van der Waals surface area contributed by atoms with Crippen LogP contribution < -0.4 is 0 Å². The zero-order chi connectivity index (χ0) is 24.6. The van der Waals surface area contributed by atoms with Crippen LogP contribution in [0.25, 0.3) is 31.9 Å². The number of carboxylic acids is 2. The van der Waals surface area contributed by atoms with Crippen LogP contribution in [-0.2, 0) is 15.0 Å². The van der Waals surface area contributed by atoms with E-state index in [2.05, 4.69) is 5.40 Å². The van der Waals surface area contributed by atoms with Crippen molar-refractivity contribution in [3.8, 4) is 27.1 Å². The number of carbonyl (C=O) groups is 2. The van der Waals surface area contributed by atoms with Crippen molar-refractivity contribution in [1.82, 2.24) is 4.98 Å². The van der Waals surface area contributed by atoms with Crippen LogP contribution in [0.2, 0.25) is 0 Å². The monoisotopic (exact) mass is 500 g/mol. The van der Waals surface area contributed by atoms with Crippen molar-refractivity contribution in [2.24, 2.45) is 0 Å². The van der Waals surface area contributed by atoms with E-state index >= 15 is 0 Å². The zero-order valence-electron chi connectivity index (χ0n) is 18.5. The van der Waals surface area contributed by atoms with E-state index in [4.69, 9.17) is 4.98 Å². The van der Waals surface area contributed by atoms with Crippen LogP contribution in [0, 0.1) is 10.7 Å². The second kappa shape index (κ2) is 9.17. The van der Waals surface area contributed by atoms with Gasteiger partial charge in [0.05, 0.1) is 10.2 Å². The van der Waals surface area contributed by atoms with E-state index in [0.29, 0.717) is 0 Å². The Labute approximate surface area is 209 Å². The molecule has 35 heavy (non-hydrogen) atoms. The van der Waals surface area contributed by atoms with Gasteiger partial charge in [0, 0.05) is 28.7 Å². The van der Waals surface area contributed by atoms with Crippen LogP contribution >= 0.6 is 23.1 Å². The molecule has 0 bridgehead atoms. The van der Waals surface area contributed by atoms with E-state index in [0.717, 1.165) is 59.7 Å². The van der Waals surface area contributed by atoms with Crippen LogP contribution in [0.15, 0.2) is 65.6 Å². The molecule has 8 heteroatoms. The lowest BCUT2D eigenvalue weighted by atomic mass is 9.71. The van der Waals surface area contributed by atoms with E-state index in [-0.39, 0.29) is 25.7 Å². The molecule has 0 radical (unpaired) electrons. The highest BCUT2D eigenvalue weighted by atomic mass is 32.2. The van der Waals surface area contributed by atoms with Gasteiger partial charge in [0.2, 0.25) is 0 Å². The van der Waals surface area contributed by atoms with Gasteiger partial charge in [-0.25, -0.2) is 4.98 Å². The maximum atomic E-state index is 11.6. The topological polar surface area (TPSA) is 111 Å². The summed E-state index contributed by atoms with van der Waals surface area (Å²) in [6.07, 6.45) is 0.331. The predicted molar refractivity (Wildman–Crippen MR) is 136 cm³/mol. The second-order valence-corrected chi connectivity index (χ2v) is 10.4. The SMILES string of the molecule is N#CSc1ccc2c(c1)C(CCC(=O)O)(CCC(=O)O)c1cc(-c3nc4ccccc4s3)ccc1-2. The van der Waals surface area contributed by atoms with Crippen molar-refractivity contribution in [1.29, 1.82) is 5.26 Å². The first-order valence-electron chi connectivity index (χ1n) is 11.1. The number of nitriles is 1. The molecule has 0 saturated heterocycles. The molecule has 1 aliphatic carbocycles. The summed E-state index contributed by atoms with van der Waals surface area (Å²) in [5.41, 5.74) is 4.77. The fourth-order valence-electron chi connectivity index (χ4n) is 5.02. The predicted octanol–water partition coefficient (Wildman–Crippen LogP) is 6.53. The van der Waals surface area contributed by atoms with Gasteiger partial charge >= 0.3 is 11.9 Å². The Kier molecular flexibility index (Phi) is 6.05. The number of hydrogen-bond acceptors (Lipinski definition) is 6. The largest absolute Gasteiger partial charge is 0.481 e. The normalized spacial score (nSPS) is 13.2. The van der Waals surface area contributed by atoms with Crippen LogP contribution in [-0.4, -0.2) is 27.1 Å². The maximum Gasteiger partial charge on any atom is 0.303 e. The van der Waals surface area contributed by atoms with Crippen LogP contribution in [0.5, 0.6) is 0 Å². The van der Waals surface area contributed by atoms with Gasteiger partial charge in [-0.1, -0.05) is 30.3 Å². The van der Waals surface area contributed by atoms with Crippen LogP contribution in [0.1, 0.15) is 36.8 Å². The first-order valence-corrected chi connectivity index (χ1v) is 12.7. The number of thioether (sulfide) groups is 1. The summed E-state index contributed by atoms with van der Waals surface area (Å²) in [4.78, 5) is 28.8. The first kappa shape index (κ1) is 23.1. The molecule has 174 valence electrons. The quantitative estimate of drug-likeness (QED) is 0.209. The molecule has 0 aliphatic heterocycles. The van der Waals surface area contributed by atoms with Gasteiger partial charge in [0.15, 0.2) is 0 Å². The van der Waals surface area contributed by atoms with Gasteiger partial charge in [-0.05, 0) is 77.2 Å². The summed E-state index contributed by atoms with van der Waals surface area (Å²) in [5, 5.41) is 31.2. The van der Waals surface area contributed by atoms with Gasteiger partial charge in [-0.3, -0.25) is 9.59 Å². The van der Waals surface area contributed by atoms with E-state index in [1.165, 1.54) is 0 Å². The van der Waals surface area contributed by atoms with Gasteiger partial charge in [-0.15, -0.1) is 11.3 Å². The Hall–Kier alpha value is -3.67. The molecule has 1 aromatic heterocycles. The summed E-state index contributed by atoms with van der Waals surface area (Å²) in [6, 6.07) is 19.8. The lowest BCUT2D eigenvalue weighted by molar-refractivity contribution is -0.137. The number of nitrogens with zero attached hydrogens (tertiary/aromatic N) is 2. The van der Waals surface area contributed by atoms with Crippen LogP contribution in [0.3, 0.4) is 0 Å². The number of para-hydroxylation sites is 1. The van der Waals surface area contributed by atoms with E-state index in [9.17, 15) is 25.1 Å². The molecule has 1 aliphatic rings. The summed E-state index contributed by atoms with van der Waals surface area (Å²) in [5.74, 6) is -1.86. The van der Waals surface area contributed by atoms with E-state index < -0.39 is 17.4 Å². The number of benzene rings is 3. The highest BCUT2D eigenvalue weighted by Crippen LogP contribution is 2.55. The van der Waals surface area contributed by atoms with Crippen LogP contribution in [0.4, 0.5) is 0 Å². The fourth-order valence-corrected chi connectivity index (χ4v) is 6.40. The molecule has 0 spiro atoms. The highest BCUT2D eigenvalue weighted by Gasteiger charge is 2.43. The molecule has 6 nitrogen and oxygen atoms in total. The number of thiazole rings is 1. The smallest absolute Gasteiger partial charge is 0.303 e. The summed E-state index contributed by atoms with van der Waals surface area (Å²) in [6.45, 7) is 0. The lowest BCUT2D eigenvalue weighted by Gasteiger charge is -2.32. The van der Waals surface area contributed by atoms with Crippen molar-refractivity contribution < 1.29 is 19.8 Å². The Morgan fingerprint density at radius 1 is 0.943 bits per heavy atom. The van der Waals surface area contributed by atoms with Gasteiger partial charge in [-0.2, -0.15) is 5.26 Å². The number of thiocyanates is 1. The minimum absolute atomic E-state index is 0.0977. The number of rotatable bonds is 8. The molecule has 0 unspecified atom stereocenters. The molecular weight excluding hydrogens is 480 g/mol. The molecule has 0 fully saturated rings. The minimum atomic E-state index is -0.931. The average molecular weight is 501 g/mol. The lowest BCUT2D eigenvalue weighted by Crippen LogP contribution is -2.27. The molecule has 5 rings (SSSR count). The van der Waals surface area contributed by atoms with Gasteiger partial charge in [0.25, 0.3) is 0 Å². The summed E-state index contributed by atoms with van der Waals surface area (Å²) in [7, 11) is 0. The first-order chi connectivity index (χ1) is 16.9. The van der Waals surface area contributed by atoms with Crippen molar-refractivity contribution in [2.45, 2.75) is 36.0 Å². The molecule has 3 aromatic carbocycles.